The third-order valence-electron chi connectivity index (χ3n) is 2.48. The molecule has 1 rings (SSSR count). The maximum atomic E-state index is 5.72. The van der Waals surface area contributed by atoms with Crippen LogP contribution in [0.4, 0.5) is 0 Å². The molecule has 1 aromatic rings. The van der Waals surface area contributed by atoms with Crippen molar-refractivity contribution >= 4 is 0 Å². The second kappa shape index (κ2) is 5.05. The third-order valence-corrected chi connectivity index (χ3v) is 2.48. The van der Waals surface area contributed by atoms with Crippen molar-refractivity contribution < 1.29 is 0 Å². The van der Waals surface area contributed by atoms with E-state index in [4.69, 9.17) is 5.73 Å². The van der Waals surface area contributed by atoms with Crippen LogP contribution in [0, 0.1) is 5.92 Å². The van der Waals surface area contributed by atoms with Crippen molar-refractivity contribution in [3.63, 3.8) is 0 Å². The van der Waals surface area contributed by atoms with E-state index in [0.717, 1.165) is 17.9 Å². The van der Waals surface area contributed by atoms with E-state index in [-0.39, 0.29) is 5.92 Å². The van der Waals surface area contributed by atoms with Crippen LogP contribution in [-0.2, 0) is 6.42 Å². The van der Waals surface area contributed by atoms with E-state index in [9.17, 15) is 0 Å². The Kier molecular flexibility index (Phi) is 4.01. The largest absolute Gasteiger partial charge is 0.330 e. The average Bonchev–Trinajstić information content (AvgIpc) is 2.19. The summed E-state index contributed by atoms with van der Waals surface area (Å²) in [4.78, 5) is 8.78. The molecule has 0 saturated heterocycles. The molecule has 78 valence electrons. The quantitative estimate of drug-likeness (QED) is 0.792. The molecule has 2 N–H and O–H groups in total. The first-order chi connectivity index (χ1) is 6.69. The minimum Gasteiger partial charge on any atom is -0.330 e. The van der Waals surface area contributed by atoms with Gasteiger partial charge in [0.15, 0.2) is 0 Å². The van der Waals surface area contributed by atoms with E-state index in [0.29, 0.717) is 12.5 Å². The van der Waals surface area contributed by atoms with E-state index >= 15 is 0 Å². The van der Waals surface area contributed by atoms with Gasteiger partial charge in [0.05, 0.1) is 0 Å². The highest BCUT2D eigenvalue weighted by atomic mass is 14.9. The molecule has 3 nitrogen and oxygen atoms in total. The number of nitrogens with two attached hydrogens (primary N) is 1. The number of hydrogen-bond acceptors (Lipinski definition) is 3. The predicted molar refractivity (Wildman–Crippen MR) is 58.0 cm³/mol. The summed E-state index contributed by atoms with van der Waals surface area (Å²) in [5.41, 5.74) is 6.81. The van der Waals surface area contributed by atoms with Crippen LogP contribution in [0.2, 0.25) is 0 Å². The van der Waals surface area contributed by atoms with Gasteiger partial charge in [0.1, 0.15) is 5.82 Å². The fourth-order valence-electron chi connectivity index (χ4n) is 1.46. The molecule has 3 heteroatoms. The summed E-state index contributed by atoms with van der Waals surface area (Å²) >= 11 is 0. The molecule has 0 aliphatic rings. The van der Waals surface area contributed by atoms with Gasteiger partial charge in [0.25, 0.3) is 0 Å². The molecule has 0 radical (unpaired) electrons. The Labute approximate surface area is 85.8 Å². The normalized spacial score (nSPS) is 13.2. The maximum absolute atomic E-state index is 5.72. The predicted octanol–water partition coefficient (Wildman–Crippen LogP) is 1.74. The van der Waals surface area contributed by atoms with Gasteiger partial charge < -0.3 is 5.73 Å². The highest BCUT2D eigenvalue weighted by Gasteiger charge is 2.16. The summed E-state index contributed by atoms with van der Waals surface area (Å²) in [6.07, 6.45) is 2.77. The minimum atomic E-state index is 0.279. The van der Waals surface area contributed by atoms with Crippen LogP contribution in [0.25, 0.3) is 0 Å². The zero-order valence-electron chi connectivity index (χ0n) is 9.20. The molecule has 1 atom stereocenters. The zero-order chi connectivity index (χ0) is 10.6. The zero-order valence-corrected chi connectivity index (χ0v) is 9.20. The SMILES string of the molecule is CCc1ccnc(C(CN)C(C)C)n1. The molecule has 0 fully saturated rings. The lowest BCUT2D eigenvalue weighted by Gasteiger charge is -2.17. The first-order valence-electron chi connectivity index (χ1n) is 5.20. The second-order valence-corrected chi connectivity index (χ2v) is 3.85. The lowest BCUT2D eigenvalue weighted by Crippen LogP contribution is -2.20. The first kappa shape index (κ1) is 11.1. The molecule has 0 aliphatic heterocycles. The van der Waals surface area contributed by atoms with E-state index in [2.05, 4.69) is 30.7 Å². The van der Waals surface area contributed by atoms with Gasteiger partial charge in [-0.15, -0.1) is 0 Å². The van der Waals surface area contributed by atoms with E-state index in [1.54, 1.807) is 0 Å². The Morgan fingerprint density at radius 2 is 2.14 bits per heavy atom. The molecular weight excluding hydrogens is 174 g/mol. The van der Waals surface area contributed by atoms with Gasteiger partial charge in [-0.3, -0.25) is 0 Å². The highest BCUT2D eigenvalue weighted by Crippen LogP contribution is 2.19. The Balaban J connectivity index is 2.92. The molecule has 0 saturated carbocycles. The Hall–Kier alpha value is -0.960. The number of aryl methyl sites for hydroxylation is 1. The lowest BCUT2D eigenvalue weighted by atomic mass is 9.95. The summed E-state index contributed by atoms with van der Waals surface area (Å²) in [6, 6.07) is 1.96. The monoisotopic (exact) mass is 193 g/mol. The van der Waals surface area contributed by atoms with Crippen LogP contribution >= 0.6 is 0 Å². The van der Waals surface area contributed by atoms with Gasteiger partial charge in [-0.1, -0.05) is 20.8 Å². The van der Waals surface area contributed by atoms with Gasteiger partial charge in [0.2, 0.25) is 0 Å². The fraction of sp³-hybridized carbons (Fsp3) is 0.636. The molecule has 0 aromatic carbocycles. The van der Waals surface area contributed by atoms with Crippen LogP contribution in [0.15, 0.2) is 12.3 Å². The van der Waals surface area contributed by atoms with Gasteiger partial charge in [-0.05, 0) is 18.4 Å². The van der Waals surface area contributed by atoms with Crippen molar-refractivity contribution in [2.24, 2.45) is 11.7 Å². The van der Waals surface area contributed by atoms with Crippen molar-refractivity contribution in [1.82, 2.24) is 9.97 Å². The molecule has 14 heavy (non-hydrogen) atoms. The number of hydrogen-bond donors (Lipinski definition) is 1. The van der Waals surface area contributed by atoms with Crippen molar-refractivity contribution in [2.75, 3.05) is 6.54 Å². The number of aromatic nitrogens is 2. The van der Waals surface area contributed by atoms with Crippen LogP contribution in [0.5, 0.6) is 0 Å². The summed E-state index contributed by atoms with van der Waals surface area (Å²) < 4.78 is 0. The summed E-state index contributed by atoms with van der Waals surface area (Å²) in [5.74, 6) is 1.66. The fourth-order valence-corrected chi connectivity index (χ4v) is 1.46. The Morgan fingerprint density at radius 3 is 2.64 bits per heavy atom. The van der Waals surface area contributed by atoms with Crippen LogP contribution in [0.1, 0.15) is 38.2 Å². The lowest BCUT2D eigenvalue weighted by molar-refractivity contribution is 0.481. The maximum Gasteiger partial charge on any atom is 0.133 e. The Bertz CT molecular complexity index is 284. The highest BCUT2D eigenvalue weighted by molar-refractivity contribution is 5.06. The second-order valence-electron chi connectivity index (χ2n) is 3.85. The summed E-state index contributed by atoms with van der Waals surface area (Å²) in [7, 11) is 0. The summed E-state index contributed by atoms with van der Waals surface area (Å²) in [6.45, 7) is 7.02. The molecule has 1 heterocycles. The number of rotatable bonds is 4. The van der Waals surface area contributed by atoms with Gasteiger partial charge >= 0.3 is 0 Å². The van der Waals surface area contributed by atoms with Crippen LogP contribution in [0.3, 0.4) is 0 Å². The van der Waals surface area contributed by atoms with E-state index in [1.807, 2.05) is 12.3 Å². The van der Waals surface area contributed by atoms with Crippen molar-refractivity contribution in [2.45, 2.75) is 33.1 Å². The molecule has 0 bridgehead atoms. The van der Waals surface area contributed by atoms with E-state index < -0.39 is 0 Å². The molecule has 1 aromatic heterocycles. The molecule has 0 amide bonds. The topological polar surface area (TPSA) is 51.8 Å². The minimum absolute atomic E-state index is 0.279. The van der Waals surface area contributed by atoms with Gasteiger partial charge in [-0.25, -0.2) is 9.97 Å². The third kappa shape index (κ3) is 2.51. The molecular formula is C11H19N3. The van der Waals surface area contributed by atoms with Crippen molar-refractivity contribution in [3.05, 3.63) is 23.8 Å². The molecule has 1 unspecified atom stereocenters. The average molecular weight is 193 g/mol. The summed E-state index contributed by atoms with van der Waals surface area (Å²) in [5, 5.41) is 0. The Morgan fingerprint density at radius 1 is 1.43 bits per heavy atom. The number of nitrogens with zero attached hydrogens (tertiary/aromatic N) is 2. The van der Waals surface area contributed by atoms with Crippen molar-refractivity contribution in [3.8, 4) is 0 Å². The van der Waals surface area contributed by atoms with Crippen LogP contribution in [-0.4, -0.2) is 16.5 Å². The standard InChI is InChI=1S/C11H19N3/c1-4-9-5-6-13-11(14-9)10(7-12)8(2)3/h5-6,8,10H,4,7,12H2,1-3H3. The first-order valence-corrected chi connectivity index (χ1v) is 5.20. The molecule has 0 spiro atoms. The van der Waals surface area contributed by atoms with E-state index in [1.165, 1.54) is 0 Å². The van der Waals surface area contributed by atoms with Crippen molar-refractivity contribution in [1.29, 1.82) is 0 Å². The van der Waals surface area contributed by atoms with Gasteiger partial charge in [0, 0.05) is 24.4 Å². The van der Waals surface area contributed by atoms with Gasteiger partial charge in [-0.2, -0.15) is 0 Å². The smallest absolute Gasteiger partial charge is 0.133 e. The molecule has 0 aliphatic carbocycles. The van der Waals surface area contributed by atoms with Crippen LogP contribution < -0.4 is 5.73 Å².